The average Bonchev–Trinajstić information content (AvgIpc) is 3.33. The normalized spacial score (nSPS) is 18.3. The van der Waals surface area contributed by atoms with Crippen LogP contribution in [0.15, 0.2) is 52.2 Å². The van der Waals surface area contributed by atoms with Gasteiger partial charge in [0.05, 0.1) is 22.2 Å². The fourth-order valence-electron chi connectivity index (χ4n) is 4.01. The van der Waals surface area contributed by atoms with E-state index in [1.807, 2.05) is 13.1 Å². The largest absolute Gasteiger partial charge is 0.491 e. The van der Waals surface area contributed by atoms with Crippen molar-refractivity contribution < 1.29 is 21.9 Å². The van der Waals surface area contributed by atoms with Crippen LogP contribution in [0, 0.1) is 17.6 Å². The van der Waals surface area contributed by atoms with E-state index in [1.165, 1.54) is 34.4 Å². The first kappa shape index (κ1) is 25.8. The maximum absolute atomic E-state index is 14.8. The molecule has 2 aromatic carbocycles. The summed E-state index contributed by atoms with van der Waals surface area (Å²) in [5.74, 6) is -1.66. The summed E-state index contributed by atoms with van der Waals surface area (Å²) in [4.78, 5) is 3.22. The van der Waals surface area contributed by atoms with Gasteiger partial charge in [-0.15, -0.1) is 11.3 Å². The Morgan fingerprint density at radius 2 is 1.97 bits per heavy atom. The van der Waals surface area contributed by atoms with E-state index in [-0.39, 0.29) is 40.2 Å². The second-order valence-corrected chi connectivity index (χ2v) is 11.1. The maximum Gasteiger partial charge on any atom is 0.266 e. The van der Waals surface area contributed by atoms with E-state index in [2.05, 4.69) is 15.0 Å². The summed E-state index contributed by atoms with van der Waals surface area (Å²) in [5, 5.41) is 4.70. The summed E-state index contributed by atoms with van der Waals surface area (Å²) >= 11 is 13.3. The number of aromatic nitrogens is 1. The third kappa shape index (κ3) is 5.78. The number of hydrogen-bond donors (Lipinski definition) is 2. The van der Waals surface area contributed by atoms with Crippen molar-refractivity contribution in [3.8, 4) is 5.75 Å². The number of nitrogens with one attached hydrogen (secondary N) is 2. The van der Waals surface area contributed by atoms with Crippen LogP contribution in [0.3, 0.4) is 0 Å². The lowest BCUT2D eigenvalue weighted by atomic mass is 9.80. The monoisotopic (exact) mass is 559 g/mol. The number of allylic oxidation sites excluding steroid dienone is 1. The highest BCUT2D eigenvalue weighted by molar-refractivity contribution is 7.92. The number of benzene rings is 2. The first-order valence-corrected chi connectivity index (χ1v) is 13.7. The number of hydrogen-bond acceptors (Lipinski definition) is 6. The Bertz CT molecular complexity index is 1350. The third-order valence-electron chi connectivity index (χ3n) is 5.72. The molecule has 0 spiro atoms. The summed E-state index contributed by atoms with van der Waals surface area (Å²) < 4.78 is 62.2. The molecule has 1 aromatic heterocycles. The number of sulfonamides is 1. The average molecular weight is 560 g/mol. The van der Waals surface area contributed by atoms with E-state index in [0.29, 0.717) is 5.56 Å². The first-order chi connectivity index (χ1) is 16.7. The molecule has 0 radical (unpaired) electrons. The molecule has 2 N–H and O–H groups in total. The van der Waals surface area contributed by atoms with E-state index in [0.717, 1.165) is 30.5 Å². The van der Waals surface area contributed by atoms with Crippen molar-refractivity contribution in [3.05, 3.63) is 74.5 Å². The quantitative estimate of drug-likeness (QED) is 0.354. The molecule has 6 nitrogen and oxygen atoms in total. The molecule has 35 heavy (non-hydrogen) atoms. The molecule has 0 fully saturated rings. The minimum atomic E-state index is -4.24. The van der Waals surface area contributed by atoms with Gasteiger partial charge in [-0.1, -0.05) is 35.3 Å². The molecule has 3 aromatic rings. The van der Waals surface area contributed by atoms with Crippen molar-refractivity contribution in [1.29, 1.82) is 0 Å². The molecule has 2 atom stereocenters. The molecule has 1 aliphatic rings. The molecule has 186 valence electrons. The van der Waals surface area contributed by atoms with Crippen LogP contribution in [-0.4, -0.2) is 33.1 Å². The summed E-state index contributed by atoms with van der Waals surface area (Å²) in [6.45, 7) is 0.101. The molecule has 4 rings (SSSR count). The molecule has 0 saturated heterocycles. The standard InChI is InChI=1S/C23H21Cl2F2N3O3S2/c1-28-20-4-2-3-14(13-5-6-16(24)18(26)7-13)15(20)10-33-21-9-19(27)22(8-17(21)25)35(31,32)30-23-11-34-12-29-23/h3,5-9,11-12,15,20,28,30H,2,4,10H2,1H3/t15-,20?/m0/s1. The second kappa shape index (κ2) is 10.8. The van der Waals surface area contributed by atoms with Gasteiger partial charge in [0, 0.05) is 23.4 Å². The van der Waals surface area contributed by atoms with E-state index in [1.54, 1.807) is 6.07 Å². The van der Waals surface area contributed by atoms with Gasteiger partial charge in [-0.25, -0.2) is 22.2 Å². The van der Waals surface area contributed by atoms with E-state index < -0.39 is 26.6 Å². The number of anilines is 1. The zero-order chi connectivity index (χ0) is 25.2. The smallest absolute Gasteiger partial charge is 0.266 e. The maximum atomic E-state index is 14.8. The predicted octanol–water partition coefficient (Wildman–Crippen LogP) is 5.99. The van der Waals surface area contributed by atoms with Gasteiger partial charge in [-0.3, -0.25) is 4.72 Å². The SMILES string of the molecule is CNC1CCC=C(c2ccc(Cl)c(F)c2)[C@@H]1COc1cc(F)c(S(=O)(=O)Nc2cscn2)cc1Cl. The third-order valence-corrected chi connectivity index (χ3v) is 8.27. The number of halogens is 4. The summed E-state index contributed by atoms with van der Waals surface area (Å²) in [5.41, 5.74) is 2.99. The van der Waals surface area contributed by atoms with Gasteiger partial charge in [0.15, 0.2) is 5.82 Å². The van der Waals surface area contributed by atoms with E-state index in [4.69, 9.17) is 27.9 Å². The zero-order valence-electron chi connectivity index (χ0n) is 18.4. The Morgan fingerprint density at radius 3 is 2.66 bits per heavy atom. The van der Waals surface area contributed by atoms with Crippen molar-refractivity contribution in [2.24, 2.45) is 5.92 Å². The zero-order valence-corrected chi connectivity index (χ0v) is 21.5. The van der Waals surface area contributed by atoms with E-state index in [9.17, 15) is 17.2 Å². The minimum absolute atomic E-state index is 0.00108. The highest BCUT2D eigenvalue weighted by Crippen LogP contribution is 2.36. The molecule has 0 amide bonds. The van der Waals surface area contributed by atoms with Crippen molar-refractivity contribution in [1.82, 2.24) is 10.3 Å². The summed E-state index contributed by atoms with van der Waals surface area (Å²) in [6, 6.07) is 6.58. The van der Waals surface area contributed by atoms with Gasteiger partial charge in [-0.05, 0) is 49.2 Å². The lowest BCUT2D eigenvalue weighted by Gasteiger charge is -2.33. The Balaban J connectivity index is 1.57. The van der Waals surface area contributed by atoms with Crippen LogP contribution in [0.4, 0.5) is 14.6 Å². The van der Waals surface area contributed by atoms with Gasteiger partial charge in [0.1, 0.15) is 22.3 Å². The Kier molecular flexibility index (Phi) is 7.97. The fourth-order valence-corrected chi connectivity index (χ4v) is 6.05. The topological polar surface area (TPSA) is 80.3 Å². The van der Waals surface area contributed by atoms with Crippen LogP contribution in [-0.2, 0) is 10.0 Å². The highest BCUT2D eigenvalue weighted by atomic mass is 35.5. The molecule has 0 saturated carbocycles. The first-order valence-electron chi connectivity index (χ1n) is 10.5. The van der Waals surface area contributed by atoms with Crippen molar-refractivity contribution >= 4 is 56.0 Å². The fraction of sp³-hybridized carbons (Fsp3) is 0.261. The number of thiazole rings is 1. The lowest BCUT2D eigenvalue weighted by Crippen LogP contribution is -2.39. The number of ether oxygens (including phenoxy) is 1. The molecular formula is C23H21Cl2F2N3O3S2. The minimum Gasteiger partial charge on any atom is -0.491 e. The van der Waals surface area contributed by atoms with Crippen LogP contribution >= 0.6 is 34.5 Å². The summed E-state index contributed by atoms with van der Waals surface area (Å²) in [6.07, 6.45) is 3.63. The van der Waals surface area contributed by atoms with Crippen molar-refractivity contribution in [3.63, 3.8) is 0 Å². The molecular weight excluding hydrogens is 539 g/mol. The lowest BCUT2D eigenvalue weighted by molar-refractivity contribution is 0.239. The molecule has 0 bridgehead atoms. The molecule has 1 aliphatic carbocycles. The molecule has 0 aliphatic heterocycles. The van der Waals surface area contributed by atoms with Crippen LogP contribution in [0.5, 0.6) is 5.75 Å². The summed E-state index contributed by atoms with van der Waals surface area (Å²) in [7, 11) is -2.42. The Hall–Kier alpha value is -2.24. The van der Waals surface area contributed by atoms with E-state index >= 15 is 0 Å². The van der Waals surface area contributed by atoms with Crippen LogP contribution in [0.25, 0.3) is 5.57 Å². The van der Waals surface area contributed by atoms with Gasteiger partial charge in [0.2, 0.25) is 0 Å². The van der Waals surface area contributed by atoms with Crippen LogP contribution < -0.4 is 14.8 Å². The van der Waals surface area contributed by atoms with Crippen LogP contribution in [0.2, 0.25) is 10.0 Å². The van der Waals surface area contributed by atoms with Gasteiger partial charge in [-0.2, -0.15) is 0 Å². The van der Waals surface area contributed by atoms with Crippen LogP contribution in [0.1, 0.15) is 18.4 Å². The van der Waals surface area contributed by atoms with Gasteiger partial charge < -0.3 is 10.1 Å². The van der Waals surface area contributed by atoms with Gasteiger partial charge >= 0.3 is 0 Å². The molecule has 1 heterocycles. The highest BCUT2D eigenvalue weighted by Gasteiger charge is 2.30. The Morgan fingerprint density at radius 1 is 1.17 bits per heavy atom. The molecule has 12 heteroatoms. The Labute approximate surface area is 216 Å². The van der Waals surface area contributed by atoms with Crippen molar-refractivity contribution in [2.75, 3.05) is 18.4 Å². The van der Waals surface area contributed by atoms with Crippen molar-refractivity contribution in [2.45, 2.75) is 23.8 Å². The number of nitrogens with zero attached hydrogens (tertiary/aromatic N) is 1. The number of rotatable bonds is 8. The predicted molar refractivity (Wildman–Crippen MR) is 135 cm³/mol. The molecule has 1 unspecified atom stereocenters. The van der Waals surface area contributed by atoms with Gasteiger partial charge in [0.25, 0.3) is 10.0 Å². The second-order valence-electron chi connectivity index (χ2n) is 7.87.